The van der Waals surface area contributed by atoms with Crippen molar-refractivity contribution in [3.63, 3.8) is 0 Å². The minimum Gasteiger partial charge on any atom is -0.493 e. The van der Waals surface area contributed by atoms with E-state index in [2.05, 4.69) is 11.7 Å². The fourth-order valence-corrected chi connectivity index (χ4v) is 5.47. The Bertz CT molecular complexity index is 1170. The molecule has 0 aliphatic carbocycles. The monoisotopic (exact) mass is 506 g/mol. The van der Waals surface area contributed by atoms with E-state index < -0.39 is 21.8 Å². The number of rotatable bonds is 9. The molecule has 0 bridgehead atoms. The lowest BCUT2D eigenvalue weighted by molar-refractivity contribution is -0.140. The Hall–Kier alpha value is -3.11. The number of anilines is 2. The van der Waals surface area contributed by atoms with Crippen molar-refractivity contribution in [1.82, 2.24) is 4.31 Å². The van der Waals surface area contributed by atoms with E-state index in [4.69, 9.17) is 9.47 Å². The largest absolute Gasteiger partial charge is 0.493 e. The molecule has 1 aliphatic heterocycles. The molecule has 1 unspecified atom stereocenters. The molecule has 10 heteroatoms. The number of para-hydroxylation sites is 1. The predicted octanol–water partition coefficient (Wildman–Crippen LogP) is 4.78. The number of likely N-dealkylation sites (N-methyl/N-ethyl adjacent to an activating group) is 1. The molecule has 190 valence electrons. The van der Waals surface area contributed by atoms with E-state index in [9.17, 15) is 17.6 Å². The molecule has 0 radical (unpaired) electrons. The van der Waals surface area contributed by atoms with E-state index in [1.54, 1.807) is 20.0 Å². The number of sulfonamides is 1. The van der Waals surface area contributed by atoms with E-state index in [0.29, 0.717) is 24.9 Å². The van der Waals surface area contributed by atoms with Crippen molar-refractivity contribution >= 4 is 27.4 Å². The minimum absolute atomic E-state index is 0.00135. The van der Waals surface area contributed by atoms with Gasteiger partial charge in [-0.15, -0.1) is 0 Å². The van der Waals surface area contributed by atoms with Crippen LogP contribution in [0, 0.1) is 0 Å². The molecule has 0 saturated carbocycles. The number of hydrogen-bond donors (Lipinski definition) is 0. The smallest absolute Gasteiger partial charge is 0.370 e. The first-order valence-corrected chi connectivity index (χ1v) is 12.9. The van der Waals surface area contributed by atoms with Gasteiger partial charge < -0.3 is 19.1 Å². The van der Waals surface area contributed by atoms with Crippen molar-refractivity contribution in [3.8, 4) is 11.5 Å². The summed E-state index contributed by atoms with van der Waals surface area (Å²) >= 11 is 0. The normalized spacial score (nSPS) is 17.9. The third-order valence-electron chi connectivity index (χ3n) is 5.82. The third-order valence-corrected chi connectivity index (χ3v) is 7.76. The molecule has 1 atom stereocenters. The second kappa shape index (κ2) is 11.5. The fourth-order valence-electron chi connectivity index (χ4n) is 3.90. The Balaban J connectivity index is 2.16. The zero-order valence-electron chi connectivity index (χ0n) is 20.4. The van der Waals surface area contributed by atoms with E-state index in [1.165, 1.54) is 17.5 Å². The Kier molecular flexibility index (Phi) is 8.74. The molecular formula is C25H31FN2O6S. The van der Waals surface area contributed by atoms with Gasteiger partial charge in [-0.2, -0.15) is 8.70 Å². The maximum absolute atomic E-state index is 14.1. The maximum Gasteiger partial charge on any atom is 0.370 e. The molecule has 3 rings (SSSR count). The van der Waals surface area contributed by atoms with E-state index in [0.717, 1.165) is 18.5 Å². The van der Waals surface area contributed by atoms with Gasteiger partial charge in [0, 0.05) is 37.5 Å². The van der Waals surface area contributed by atoms with Crippen molar-refractivity contribution in [2.45, 2.75) is 44.0 Å². The molecule has 8 nitrogen and oxygen atoms in total. The van der Waals surface area contributed by atoms with Crippen LogP contribution in [0.15, 0.2) is 59.4 Å². The second-order valence-electron chi connectivity index (χ2n) is 8.04. The lowest BCUT2D eigenvalue weighted by Gasteiger charge is -2.29. The van der Waals surface area contributed by atoms with Crippen molar-refractivity contribution in [3.05, 3.63) is 54.6 Å². The number of halogens is 1. The van der Waals surface area contributed by atoms with Crippen LogP contribution in [0.4, 0.5) is 15.8 Å². The van der Waals surface area contributed by atoms with E-state index in [-0.39, 0.29) is 29.0 Å². The highest BCUT2D eigenvalue weighted by Crippen LogP contribution is 2.43. The molecule has 0 spiro atoms. The quantitative estimate of drug-likeness (QED) is 0.275. The highest BCUT2D eigenvalue weighted by molar-refractivity contribution is 7.89. The summed E-state index contributed by atoms with van der Waals surface area (Å²) in [6, 6.07) is 12.1. The van der Waals surface area contributed by atoms with Crippen molar-refractivity contribution in [1.29, 1.82) is 0 Å². The molecule has 0 aromatic heterocycles. The molecule has 0 N–H and O–H groups in total. The average molecular weight is 507 g/mol. The average Bonchev–Trinajstić information content (AvgIpc) is 2.94. The van der Waals surface area contributed by atoms with Crippen molar-refractivity contribution in [2.75, 3.05) is 32.2 Å². The summed E-state index contributed by atoms with van der Waals surface area (Å²) < 4.78 is 58.2. The number of methoxy groups -OCH3 is 1. The number of nitrogens with zero attached hydrogens (tertiary/aromatic N) is 2. The zero-order chi connectivity index (χ0) is 25.6. The first-order valence-electron chi connectivity index (χ1n) is 11.5. The van der Waals surface area contributed by atoms with Crippen LogP contribution < -0.4 is 14.4 Å². The summed E-state index contributed by atoms with van der Waals surface area (Å²) in [4.78, 5) is 13.5. The maximum atomic E-state index is 14.1. The van der Waals surface area contributed by atoms with Gasteiger partial charge in [0.05, 0.1) is 19.4 Å². The number of fused-ring (bicyclic) bond motifs is 1. The summed E-state index contributed by atoms with van der Waals surface area (Å²) in [7, 11) is -0.973. The molecular weight excluding hydrogens is 475 g/mol. The number of ether oxygens (including phenoxy) is 3. The highest BCUT2D eigenvalue weighted by atomic mass is 32.2. The van der Waals surface area contributed by atoms with Crippen LogP contribution in [0.5, 0.6) is 11.5 Å². The minimum atomic E-state index is -3.94. The number of esters is 1. The number of hydrogen-bond acceptors (Lipinski definition) is 7. The molecule has 0 saturated heterocycles. The van der Waals surface area contributed by atoms with Gasteiger partial charge in [0.1, 0.15) is 11.2 Å². The molecule has 35 heavy (non-hydrogen) atoms. The van der Waals surface area contributed by atoms with Crippen molar-refractivity contribution < 1.29 is 31.8 Å². The van der Waals surface area contributed by atoms with Gasteiger partial charge in [-0.1, -0.05) is 38.0 Å². The van der Waals surface area contributed by atoms with Gasteiger partial charge in [-0.3, -0.25) is 0 Å². The van der Waals surface area contributed by atoms with E-state index >= 15 is 0 Å². The van der Waals surface area contributed by atoms with Crippen LogP contribution in [0.25, 0.3) is 0 Å². The summed E-state index contributed by atoms with van der Waals surface area (Å²) in [5.74, 6) is -2.30. The number of carbonyl (C=O) groups excluding carboxylic acids is 1. The lowest BCUT2D eigenvalue weighted by atomic mass is 10.1. The summed E-state index contributed by atoms with van der Waals surface area (Å²) in [6.07, 6.45) is 3.08. The Morgan fingerprint density at radius 2 is 1.89 bits per heavy atom. The zero-order valence-corrected chi connectivity index (χ0v) is 21.2. The second-order valence-corrected chi connectivity index (χ2v) is 10.0. The standard InChI is InChI=1S/C25H31FN2O6S/c1-5-7-11-19-16-28(18-12-9-8-10-13-18)21-14-22(32-4)23(15-24(21)35(30,31)27(19)3)34-17-20(26)25(29)33-6-2/h8-10,12-15,17,19H,5-7,11,16H2,1-4H3/b20-17-. The molecule has 2 aromatic carbocycles. The van der Waals surface area contributed by atoms with Crippen LogP contribution >= 0.6 is 0 Å². The number of unbranched alkanes of at least 4 members (excludes halogenated alkanes) is 1. The van der Waals surface area contributed by atoms with Gasteiger partial charge in [0.2, 0.25) is 15.9 Å². The molecule has 1 heterocycles. The van der Waals surface area contributed by atoms with Crippen molar-refractivity contribution in [2.24, 2.45) is 0 Å². The molecule has 0 amide bonds. The first-order chi connectivity index (χ1) is 16.7. The van der Waals surface area contributed by atoms with Crippen LogP contribution in [-0.2, 0) is 19.6 Å². The number of benzene rings is 2. The van der Waals surface area contributed by atoms with Gasteiger partial charge >= 0.3 is 5.97 Å². The third kappa shape index (κ3) is 5.76. The van der Waals surface area contributed by atoms with Gasteiger partial charge in [0.15, 0.2) is 11.5 Å². The fraction of sp³-hybridized carbons (Fsp3) is 0.400. The van der Waals surface area contributed by atoms with Gasteiger partial charge in [-0.25, -0.2) is 13.2 Å². The van der Waals surface area contributed by atoms with Crippen LogP contribution in [0.3, 0.4) is 0 Å². The first kappa shape index (κ1) is 26.5. The molecule has 2 aromatic rings. The Morgan fingerprint density at radius 1 is 1.17 bits per heavy atom. The topological polar surface area (TPSA) is 85.4 Å². The predicted molar refractivity (Wildman–Crippen MR) is 131 cm³/mol. The molecule has 0 fully saturated rings. The van der Waals surface area contributed by atoms with Crippen LogP contribution in [0.2, 0.25) is 0 Å². The summed E-state index contributed by atoms with van der Waals surface area (Å²) in [5.41, 5.74) is 1.24. The lowest BCUT2D eigenvalue weighted by Crippen LogP contribution is -2.40. The Morgan fingerprint density at radius 3 is 2.51 bits per heavy atom. The Labute approximate surface area is 205 Å². The number of carbonyl (C=O) groups is 1. The van der Waals surface area contributed by atoms with Crippen LogP contribution in [0.1, 0.15) is 33.1 Å². The summed E-state index contributed by atoms with van der Waals surface area (Å²) in [5, 5.41) is 0. The van der Waals surface area contributed by atoms with E-state index in [1.807, 2.05) is 35.2 Å². The van der Waals surface area contributed by atoms with Crippen LogP contribution in [-0.4, -0.2) is 52.0 Å². The SMILES string of the molecule is CCCCC1CN(c2ccccc2)c2cc(OC)c(O/C=C(\F)C(=O)OCC)cc2S(=O)(=O)N1C. The highest BCUT2D eigenvalue weighted by Gasteiger charge is 2.37. The molecule has 1 aliphatic rings. The van der Waals surface area contributed by atoms with Gasteiger partial charge in [0.25, 0.3) is 0 Å². The van der Waals surface area contributed by atoms with Gasteiger partial charge in [-0.05, 0) is 25.5 Å². The summed E-state index contributed by atoms with van der Waals surface area (Å²) in [6.45, 7) is 4.05.